The van der Waals surface area contributed by atoms with Crippen LogP contribution in [0.4, 0.5) is 5.69 Å². The van der Waals surface area contributed by atoms with Crippen LogP contribution < -0.4 is 10.9 Å². The van der Waals surface area contributed by atoms with Gasteiger partial charge in [0.15, 0.2) is 0 Å². The zero-order valence-corrected chi connectivity index (χ0v) is 16.4. The van der Waals surface area contributed by atoms with E-state index in [1.807, 2.05) is 45.0 Å². The number of aliphatic imine (C=N–C) groups is 1. The molecule has 1 aliphatic carbocycles. The van der Waals surface area contributed by atoms with Crippen LogP contribution in [-0.4, -0.2) is 23.0 Å². The molecule has 3 N–H and O–H groups in total. The van der Waals surface area contributed by atoms with E-state index in [9.17, 15) is 4.79 Å². The van der Waals surface area contributed by atoms with Crippen molar-refractivity contribution in [1.82, 2.24) is 4.98 Å². The molecule has 1 aromatic heterocycles. The standard InChI is InChI=1S/C22H28N4O/c1-14-11-15(2)25-22(27)20(14)13-24-16(3)18-9-6-10-21(19(18)12-23)26-17-7-4-5-8-17/h6,9-12,17,23,26H,4-5,7-8,13H2,1-3H3,(H,25,27). The molecule has 142 valence electrons. The summed E-state index contributed by atoms with van der Waals surface area (Å²) in [5.41, 5.74) is 6.06. The van der Waals surface area contributed by atoms with Gasteiger partial charge in [-0.15, -0.1) is 0 Å². The van der Waals surface area contributed by atoms with Crippen molar-refractivity contribution in [2.75, 3.05) is 5.32 Å². The summed E-state index contributed by atoms with van der Waals surface area (Å²) in [7, 11) is 0. The fraction of sp³-hybridized carbons (Fsp3) is 0.409. The van der Waals surface area contributed by atoms with Crippen molar-refractivity contribution in [2.24, 2.45) is 4.99 Å². The van der Waals surface area contributed by atoms with Crippen molar-refractivity contribution in [3.8, 4) is 0 Å². The lowest BCUT2D eigenvalue weighted by Crippen LogP contribution is -2.17. The Balaban J connectivity index is 1.87. The molecular weight excluding hydrogens is 336 g/mol. The second-order valence-corrected chi connectivity index (χ2v) is 7.38. The molecule has 0 spiro atoms. The number of anilines is 1. The Labute approximate surface area is 160 Å². The molecular formula is C22H28N4O. The molecule has 5 nitrogen and oxygen atoms in total. The molecule has 0 radical (unpaired) electrons. The highest BCUT2D eigenvalue weighted by atomic mass is 16.1. The minimum Gasteiger partial charge on any atom is -0.382 e. The van der Waals surface area contributed by atoms with Crippen molar-refractivity contribution in [3.63, 3.8) is 0 Å². The summed E-state index contributed by atoms with van der Waals surface area (Å²) in [6.07, 6.45) is 6.30. The van der Waals surface area contributed by atoms with Gasteiger partial charge in [-0.2, -0.15) is 0 Å². The number of aromatic nitrogens is 1. The van der Waals surface area contributed by atoms with Gasteiger partial charge in [0.2, 0.25) is 0 Å². The number of H-pyrrole nitrogens is 1. The van der Waals surface area contributed by atoms with Gasteiger partial charge in [0, 0.05) is 46.0 Å². The molecule has 0 saturated heterocycles. The van der Waals surface area contributed by atoms with E-state index in [0.717, 1.165) is 33.8 Å². The number of aryl methyl sites for hydroxylation is 2. The number of nitrogens with zero attached hydrogens (tertiary/aromatic N) is 1. The first-order valence-electron chi connectivity index (χ1n) is 9.60. The zero-order chi connectivity index (χ0) is 19.4. The lowest BCUT2D eigenvalue weighted by atomic mass is 10.0. The molecule has 0 unspecified atom stereocenters. The van der Waals surface area contributed by atoms with Gasteiger partial charge in [-0.1, -0.05) is 25.0 Å². The molecule has 0 aliphatic heterocycles. The number of rotatable bonds is 6. The van der Waals surface area contributed by atoms with Crippen LogP contribution in [-0.2, 0) is 6.54 Å². The fourth-order valence-electron chi connectivity index (χ4n) is 3.81. The van der Waals surface area contributed by atoms with Crippen LogP contribution in [0.15, 0.2) is 34.1 Å². The fourth-order valence-corrected chi connectivity index (χ4v) is 3.81. The summed E-state index contributed by atoms with van der Waals surface area (Å²) in [5.74, 6) is 0. The Morgan fingerprint density at radius 1 is 1.33 bits per heavy atom. The smallest absolute Gasteiger partial charge is 0.253 e. The van der Waals surface area contributed by atoms with Crippen molar-refractivity contribution in [3.05, 3.63) is 62.6 Å². The highest BCUT2D eigenvalue weighted by molar-refractivity contribution is 6.07. The molecule has 2 aromatic rings. The first kappa shape index (κ1) is 19.1. The van der Waals surface area contributed by atoms with Crippen molar-refractivity contribution in [1.29, 1.82) is 5.41 Å². The van der Waals surface area contributed by atoms with Gasteiger partial charge in [-0.3, -0.25) is 9.79 Å². The first-order chi connectivity index (χ1) is 13.0. The molecule has 1 saturated carbocycles. The Morgan fingerprint density at radius 3 is 2.74 bits per heavy atom. The Bertz CT molecular complexity index is 920. The SMILES string of the molecule is CC(=NCc1c(C)cc(C)[nH]c1=O)c1cccc(NC2CCCC2)c1C=N. The van der Waals surface area contributed by atoms with Crippen LogP contribution >= 0.6 is 0 Å². The Hall–Kier alpha value is -2.69. The van der Waals surface area contributed by atoms with Crippen LogP contribution in [0.2, 0.25) is 0 Å². The van der Waals surface area contributed by atoms with Crippen LogP contribution in [0, 0.1) is 19.3 Å². The maximum atomic E-state index is 12.2. The third kappa shape index (κ3) is 4.35. The summed E-state index contributed by atoms with van der Waals surface area (Å²) < 4.78 is 0. The molecule has 1 aromatic carbocycles. The van der Waals surface area contributed by atoms with E-state index in [2.05, 4.69) is 15.3 Å². The van der Waals surface area contributed by atoms with Gasteiger partial charge in [-0.25, -0.2) is 0 Å². The molecule has 1 fully saturated rings. The van der Waals surface area contributed by atoms with Gasteiger partial charge in [-0.05, 0) is 51.3 Å². The van der Waals surface area contributed by atoms with Crippen LogP contribution in [0.5, 0.6) is 0 Å². The van der Waals surface area contributed by atoms with Gasteiger partial charge >= 0.3 is 0 Å². The highest BCUT2D eigenvalue weighted by Crippen LogP contribution is 2.26. The van der Waals surface area contributed by atoms with Crippen LogP contribution in [0.25, 0.3) is 0 Å². The number of benzene rings is 1. The molecule has 27 heavy (non-hydrogen) atoms. The van der Waals surface area contributed by atoms with Crippen molar-refractivity contribution in [2.45, 2.75) is 59.0 Å². The molecule has 0 bridgehead atoms. The summed E-state index contributed by atoms with van der Waals surface area (Å²) in [4.78, 5) is 19.7. The van der Waals surface area contributed by atoms with E-state index in [-0.39, 0.29) is 5.56 Å². The van der Waals surface area contributed by atoms with Gasteiger partial charge in [0.25, 0.3) is 5.56 Å². The largest absolute Gasteiger partial charge is 0.382 e. The Kier molecular flexibility index (Phi) is 5.89. The third-order valence-electron chi connectivity index (χ3n) is 5.32. The topological polar surface area (TPSA) is 81.1 Å². The van der Waals surface area contributed by atoms with Gasteiger partial charge in [0.05, 0.1) is 6.54 Å². The van der Waals surface area contributed by atoms with E-state index >= 15 is 0 Å². The molecule has 0 atom stereocenters. The van der Waals surface area contributed by atoms with E-state index in [4.69, 9.17) is 5.41 Å². The highest BCUT2D eigenvalue weighted by Gasteiger charge is 2.17. The second kappa shape index (κ2) is 8.33. The average Bonchev–Trinajstić information content (AvgIpc) is 3.13. The quantitative estimate of drug-likeness (QED) is 0.666. The average molecular weight is 364 g/mol. The third-order valence-corrected chi connectivity index (χ3v) is 5.32. The molecule has 0 amide bonds. The summed E-state index contributed by atoms with van der Waals surface area (Å²) in [6, 6.07) is 8.49. The zero-order valence-electron chi connectivity index (χ0n) is 16.4. The second-order valence-electron chi connectivity index (χ2n) is 7.38. The monoisotopic (exact) mass is 364 g/mol. The minimum absolute atomic E-state index is 0.0759. The lowest BCUT2D eigenvalue weighted by molar-refractivity contribution is 0.755. The van der Waals surface area contributed by atoms with Crippen LogP contribution in [0.3, 0.4) is 0 Å². The first-order valence-corrected chi connectivity index (χ1v) is 9.60. The van der Waals surface area contributed by atoms with E-state index in [0.29, 0.717) is 18.2 Å². The number of hydrogen-bond acceptors (Lipinski definition) is 4. The molecule has 3 rings (SSSR count). The summed E-state index contributed by atoms with van der Waals surface area (Å²) in [6.45, 7) is 6.11. The molecule has 1 heterocycles. The number of aromatic amines is 1. The minimum atomic E-state index is -0.0759. The predicted octanol–water partition coefficient (Wildman–Crippen LogP) is 4.35. The van der Waals surface area contributed by atoms with Crippen molar-refractivity contribution < 1.29 is 0 Å². The summed E-state index contributed by atoms with van der Waals surface area (Å²) in [5, 5.41) is 11.5. The van der Waals surface area contributed by atoms with Crippen LogP contribution in [0.1, 0.15) is 60.6 Å². The normalized spacial score (nSPS) is 15.1. The van der Waals surface area contributed by atoms with E-state index < -0.39 is 0 Å². The van der Waals surface area contributed by atoms with Gasteiger partial charge < -0.3 is 15.7 Å². The van der Waals surface area contributed by atoms with Crippen molar-refractivity contribution >= 4 is 17.6 Å². The summed E-state index contributed by atoms with van der Waals surface area (Å²) >= 11 is 0. The maximum absolute atomic E-state index is 12.2. The number of hydrogen-bond donors (Lipinski definition) is 3. The Morgan fingerprint density at radius 2 is 2.07 bits per heavy atom. The maximum Gasteiger partial charge on any atom is 0.253 e. The molecule has 1 aliphatic rings. The number of nitrogens with one attached hydrogen (secondary N) is 3. The van der Waals surface area contributed by atoms with E-state index in [1.54, 1.807) is 0 Å². The molecule has 5 heteroatoms. The van der Waals surface area contributed by atoms with Gasteiger partial charge in [0.1, 0.15) is 0 Å². The number of pyridine rings is 1. The predicted molar refractivity (Wildman–Crippen MR) is 113 cm³/mol. The van der Waals surface area contributed by atoms with E-state index in [1.165, 1.54) is 31.9 Å². The lowest BCUT2D eigenvalue weighted by Gasteiger charge is -2.18.